The van der Waals surface area contributed by atoms with Gasteiger partial charge >= 0.3 is 0 Å². The van der Waals surface area contributed by atoms with Crippen LogP contribution in [0.25, 0.3) is 11.1 Å². The fourth-order valence-electron chi connectivity index (χ4n) is 2.14. The van der Waals surface area contributed by atoms with Crippen molar-refractivity contribution < 1.29 is 9.15 Å². The van der Waals surface area contributed by atoms with E-state index >= 15 is 0 Å². The highest BCUT2D eigenvalue weighted by molar-refractivity contribution is 5.74. The Balaban J connectivity index is 1.80. The maximum absolute atomic E-state index is 5.62. The molecule has 2 N–H and O–H groups in total. The van der Waals surface area contributed by atoms with Gasteiger partial charge in [-0.05, 0) is 12.1 Å². The molecule has 0 radical (unpaired) electrons. The van der Waals surface area contributed by atoms with Gasteiger partial charge in [-0.25, -0.2) is 0 Å². The van der Waals surface area contributed by atoms with E-state index in [2.05, 4.69) is 15.6 Å². The quantitative estimate of drug-likeness (QED) is 0.835. The molecule has 1 unspecified atom stereocenters. The van der Waals surface area contributed by atoms with Crippen LogP contribution < -0.4 is 10.6 Å². The highest BCUT2D eigenvalue weighted by Crippen LogP contribution is 2.20. The summed E-state index contributed by atoms with van der Waals surface area (Å²) in [5, 5.41) is 6.54. The molecule has 5 heteroatoms. The molecule has 90 valence electrons. The molecular formula is C12H15N3O2. The topological polar surface area (TPSA) is 59.3 Å². The van der Waals surface area contributed by atoms with Gasteiger partial charge < -0.3 is 19.8 Å². The molecule has 17 heavy (non-hydrogen) atoms. The van der Waals surface area contributed by atoms with E-state index in [1.54, 1.807) is 7.11 Å². The normalized spacial score (nSPS) is 24.3. The number of methoxy groups -OCH3 is 1. The van der Waals surface area contributed by atoms with Crippen molar-refractivity contribution in [3.8, 4) is 0 Å². The number of aromatic nitrogens is 1. The van der Waals surface area contributed by atoms with Crippen LogP contribution in [0.1, 0.15) is 0 Å². The number of para-hydroxylation sites is 2. The minimum absolute atomic E-state index is 0.157. The van der Waals surface area contributed by atoms with Gasteiger partial charge in [-0.15, -0.1) is 0 Å². The molecule has 1 aliphatic heterocycles. The van der Waals surface area contributed by atoms with Gasteiger partial charge in [-0.2, -0.15) is 4.98 Å². The van der Waals surface area contributed by atoms with Crippen molar-refractivity contribution in [1.82, 2.24) is 10.3 Å². The highest BCUT2D eigenvalue weighted by atomic mass is 16.5. The molecule has 1 aromatic carbocycles. The first-order valence-corrected chi connectivity index (χ1v) is 5.72. The zero-order chi connectivity index (χ0) is 11.7. The Morgan fingerprint density at radius 1 is 1.41 bits per heavy atom. The first-order valence-electron chi connectivity index (χ1n) is 5.72. The molecule has 2 heterocycles. The van der Waals surface area contributed by atoms with Gasteiger partial charge in [0.2, 0.25) is 0 Å². The Labute approximate surface area is 99.2 Å². The summed E-state index contributed by atoms with van der Waals surface area (Å²) in [6.07, 6.45) is 0.157. The van der Waals surface area contributed by atoms with E-state index < -0.39 is 0 Å². The van der Waals surface area contributed by atoms with Gasteiger partial charge in [0.25, 0.3) is 6.01 Å². The number of ether oxygens (including phenoxy) is 1. The molecule has 0 aliphatic carbocycles. The molecule has 2 aromatic rings. The van der Waals surface area contributed by atoms with Crippen LogP contribution in [0.4, 0.5) is 6.01 Å². The smallest absolute Gasteiger partial charge is 0.296 e. The fourth-order valence-corrected chi connectivity index (χ4v) is 2.14. The average molecular weight is 233 g/mol. The van der Waals surface area contributed by atoms with Crippen LogP contribution in [0.15, 0.2) is 28.7 Å². The number of fused-ring (bicyclic) bond motifs is 1. The summed E-state index contributed by atoms with van der Waals surface area (Å²) < 4.78 is 11.0. The van der Waals surface area contributed by atoms with Crippen molar-refractivity contribution in [3.05, 3.63) is 24.3 Å². The summed E-state index contributed by atoms with van der Waals surface area (Å²) in [5.74, 6) is 0. The van der Waals surface area contributed by atoms with Crippen LogP contribution in [-0.4, -0.2) is 37.3 Å². The van der Waals surface area contributed by atoms with Crippen molar-refractivity contribution >= 4 is 17.1 Å². The zero-order valence-electron chi connectivity index (χ0n) is 9.64. The second kappa shape index (κ2) is 4.35. The van der Waals surface area contributed by atoms with Crippen molar-refractivity contribution in [3.63, 3.8) is 0 Å². The summed E-state index contributed by atoms with van der Waals surface area (Å²) >= 11 is 0. The van der Waals surface area contributed by atoms with E-state index in [9.17, 15) is 0 Å². The van der Waals surface area contributed by atoms with Crippen LogP contribution in [0, 0.1) is 0 Å². The molecule has 1 aliphatic rings. The van der Waals surface area contributed by atoms with Crippen LogP contribution in [0.5, 0.6) is 0 Å². The standard InChI is InChI=1S/C12H15N3O2/c1-16-11-7-13-6-9(11)15-12-14-8-4-2-3-5-10(8)17-12/h2-5,9,11,13H,6-7H2,1H3,(H,14,15)/t9?,11-/m0/s1. The lowest BCUT2D eigenvalue weighted by molar-refractivity contribution is 0.111. The molecular weight excluding hydrogens is 218 g/mol. The predicted molar refractivity (Wildman–Crippen MR) is 65.1 cm³/mol. The monoisotopic (exact) mass is 233 g/mol. The van der Waals surface area contributed by atoms with Gasteiger partial charge in [0, 0.05) is 20.2 Å². The number of benzene rings is 1. The molecule has 0 spiro atoms. The molecule has 0 amide bonds. The van der Waals surface area contributed by atoms with Gasteiger partial charge in [0.05, 0.1) is 12.1 Å². The number of rotatable bonds is 3. The second-order valence-corrected chi connectivity index (χ2v) is 4.17. The van der Waals surface area contributed by atoms with E-state index in [1.807, 2.05) is 24.3 Å². The maximum atomic E-state index is 5.62. The van der Waals surface area contributed by atoms with Crippen molar-refractivity contribution in [2.75, 3.05) is 25.5 Å². The van der Waals surface area contributed by atoms with Gasteiger partial charge in [-0.3, -0.25) is 0 Å². The Hall–Kier alpha value is -1.59. The number of nitrogens with zero attached hydrogens (tertiary/aromatic N) is 1. The number of nitrogens with one attached hydrogen (secondary N) is 2. The Morgan fingerprint density at radius 3 is 3.12 bits per heavy atom. The van der Waals surface area contributed by atoms with E-state index in [-0.39, 0.29) is 12.1 Å². The lowest BCUT2D eigenvalue weighted by Crippen LogP contribution is -2.33. The van der Waals surface area contributed by atoms with Crippen molar-refractivity contribution in [2.24, 2.45) is 0 Å². The van der Waals surface area contributed by atoms with Crippen LogP contribution in [0.3, 0.4) is 0 Å². The number of hydrogen-bond acceptors (Lipinski definition) is 5. The SMILES string of the molecule is CO[C@H]1CNCC1Nc1nc2ccccc2o1. The van der Waals surface area contributed by atoms with E-state index in [0.29, 0.717) is 6.01 Å². The summed E-state index contributed by atoms with van der Waals surface area (Å²) in [7, 11) is 1.72. The third-order valence-corrected chi connectivity index (χ3v) is 3.06. The molecule has 1 aromatic heterocycles. The Morgan fingerprint density at radius 2 is 2.29 bits per heavy atom. The molecule has 5 nitrogen and oxygen atoms in total. The van der Waals surface area contributed by atoms with E-state index in [4.69, 9.17) is 9.15 Å². The minimum atomic E-state index is 0.157. The molecule has 3 rings (SSSR count). The Kier molecular flexibility index (Phi) is 2.70. The second-order valence-electron chi connectivity index (χ2n) is 4.17. The predicted octanol–water partition coefficient (Wildman–Crippen LogP) is 1.23. The number of hydrogen-bond donors (Lipinski definition) is 2. The maximum Gasteiger partial charge on any atom is 0.296 e. The molecule has 1 saturated heterocycles. The summed E-state index contributed by atoms with van der Waals surface area (Å²) in [4.78, 5) is 4.38. The van der Waals surface area contributed by atoms with E-state index in [1.165, 1.54) is 0 Å². The summed E-state index contributed by atoms with van der Waals surface area (Å²) in [6, 6.07) is 8.49. The minimum Gasteiger partial charge on any atom is -0.424 e. The largest absolute Gasteiger partial charge is 0.424 e. The molecule has 0 bridgehead atoms. The summed E-state index contributed by atoms with van der Waals surface area (Å²) in [6.45, 7) is 1.71. The molecule has 2 atom stereocenters. The van der Waals surface area contributed by atoms with Crippen LogP contribution >= 0.6 is 0 Å². The van der Waals surface area contributed by atoms with Gasteiger partial charge in [0.15, 0.2) is 5.58 Å². The first kappa shape index (κ1) is 10.6. The third kappa shape index (κ3) is 1.99. The van der Waals surface area contributed by atoms with Crippen molar-refractivity contribution in [2.45, 2.75) is 12.1 Å². The van der Waals surface area contributed by atoms with Gasteiger partial charge in [0.1, 0.15) is 5.52 Å². The summed E-state index contributed by atoms with van der Waals surface area (Å²) in [5.41, 5.74) is 1.67. The average Bonchev–Trinajstić information content (AvgIpc) is 2.94. The molecule has 0 saturated carbocycles. The van der Waals surface area contributed by atoms with Gasteiger partial charge in [-0.1, -0.05) is 12.1 Å². The first-order chi connectivity index (χ1) is 8.36. The fraction of sp³-hybridized carbons (Fsp3) is 0.417. The van der Waals surface area contributed by atoms with Crippen molar-refractivity contribution in [1.29, 1.82) is 0 Å². The van der Waals surface area contributed by atoms with E-state index in [0.717, 1.165) is 24.2 Å². The van der Waals surface area contributed by atoms with Crippen LogP contribution in [-0.2, 0) is 4.74 Å². The zero-order valence-corrected chi connectivity index (χ0v) is 9.64. The Bertz CT molecular complexity index is 478. The molecule has 1 fully saturated rings. The van der Waals surface area contributed by atoms with Crippen LogP contribution in [0.2, 0.25) is 0 Å². The number of oxazole rings is 1. The lowest BCUT2D eigenvalue weighted by Gasteiger charge is -2.16. The number of anilines is 1. The lowest BCUT2D eigenvalue weighted by atomic mass is 10.2. The third-order valence-electron chi connectivity index (χ3n) is 3.06. The highest BCUT2D eigenvalue weighted by Gasteiger charge is 2.27.